The Morgan fingerprint density at radius 1 is 0.919 bits per heavy atom. The Balaban J connectivity index is 1.47. The lowest BCUT2D eigenvalue weighted by atomic mass is 9.78. The minimum absolute atomic E-state index is 0.162. The van der Waals surface area contributed by atoms with Crippen molar-refractivity contribution in [1.82, 2.24) is 0 Å². The van der Waals surface area contributed by atoms with Gasteiger partial charge in [0.05, 0.1) is 7.11 Å². The molecule has 7 heteroatoms. The van der Waals surface area contributed by atoms with Gasteiger partial charge in [-0.1, -0.05) is 84.4 Å². The number of rotatable bonds is 8. The number of methoxy groups -OCH3 is 1. The molecule has 0 fully saturated rings. The molecular formula is C30H28BrNO4S. The monoisotopic (exact) mass is 577 g/mol. The molecule has 1 N–H and O–H groups in total. The highest BCUT2D eigenvalue weighted by Crippen LogP contribution is 2.40. The second-order valence-electron chi connectivity index (χ2n) is 9.09. The number of esters is 1. The van der Waals surface area contributed by atoms with E-state index in [-0.39, 0.29) is 17.9 Å². The van der Waals surface area contributed by atoms with Crippen molar-refractivity contribution in [2.45, 2.75) is 26.2 Å². The molecule has 4 aromatic rings. The number of halogens is 1. The summed E-state index contributed by atoms with van der Waals surface area (Å²) in [6.07, 6.45) is 0. The first kappa shape index (κ1) is 26.6. The Hall–Kier alpha value is -3.42. The molecule has 0 saturated carbocycles. The smallest absolute Gasteiger partial charge is 0.341 e. The van der Waals surface area contributed by atoms with Gasteiger partial charge in [-0.05, 0) is 47.9 Å². The molecule has 0 bridgehead atoms. The van der Waals surface area contributed by atoms with E-state index in [9.17, 15) is 9.59 Å². The summed E-state index contributed by atoms with van der Waals surface area (Å²) in [7, 11) is 1.33. The molecule has 0 unspecified atom stereocenters. The number of carbonyl (C=O) groups excluding carboxylic acids is 2. The Labute approximate surface area is 229 Å². The zero-order chi connectivity index (χ0) is 26.6. The van der Waals surface area contributed by atoms with E-state index in [4.69, 9.17) is 9.47 Å². The maximum atomic E-state index is 12.8. The number of thiophene rings is 1. The number of aryl methyl sites for hydroxylation is 1. The highest BCUT2D eigenvalue weighted by atomic mass is 79.9. The summed E-state index contributed by atoms with van der Waals surface area (Å²) in [5, 5.41) is 3.28. The van der Waals surface area contributed by atoms with E-state index < -0.39 is 5.97 Å². The van der Waals surface area contributed by atoms with E-state index in [1.165, 1.54) is 24.0 Å². The zero-order valence-corrected chi connectivity index (χ0v) is 23.5. The van der Waals surface area contributed by atoms with Crippen LogP contribution in [-0.4, -0.2) is 25.6 Å². The van der Waals surface area contributed by atoms with Crippen molar-refractivity contribution in [2.24, 2.45) is 0 Å². The fourth-order valence-electron chi connectivity index (χ4n) is 4.19. The lowest BCUT2D eigenvalue weighted by Crippen LogP contribution is -2.21. The van der Waals surface area contributed by atoms with Crippen LogP contribution in [0.25, 0.3) is 11.1 Å². The largest absolute Gasteiger partial charge is 0.484 e. The third-order valence-electron chi connectivity index (χ3n) is 6.30. The summed E-state index contributed by atoms with van der Waals surface area (Å²) in [5.41, 5.74) is 4.16. The molecule has 1 aromatic heterocycles. The summed E-state index contributed by atoms with van der Waals surface area (Å²) in [6, 6.07) is 25.7. The molecule has 0 aliphatic heterocycles. The van der Waals surface area contributed by atoms with Crippen LogP contribution in [0.1, 0.15) is 40.2 Å². The number of carbonyl (C=O) groups is 2. The van der Waals surface area contributed by atoms with Crippen molar-refractivity contribution in [3.63, 3.8) is 0 Å². The van der Waals surface area contributed by atoms with Gasteiger partial charge in [0.25, 0.3) is 5.91 Å². The summed E-state index contributed by atoms with van der Waals surface area (Å²) in [6.45, 7) is 6.08. The Kier molecular flexibility index (Phi) is 8.15. The van der Waals surface area contributed by atoms with Crippen molar-refractivity contribution in [2.75, 3.05) is 19.0 Å². The van der Waals surface area contributed by atoms with Crippen LogP contribution in [-0.2, 0) is 14.9 Å². The first-order chi connectivity index (χ1) is 17.7. The van der Waals surface area contributed by atoms with Crippen molar-refractivity contribution >= 4 is 44.1 Å². The van der Waals surface area contributed by atoms with Gasteiger partial charge in [0, 0.05) is 20.3 Å². The quantitative estimate of drug-likeness (QED) is 0.219. The van der Waals surface area contributed by atoms with Gasteiger partial charge in [0.1, 0.15) is 16.3 Å². The maximum absolute atomic E-state index is 12.8. The fourth-order valence-corrected chi connectivity index (χ4v) is 5.54. The van der Waals surface area contributed by atoms with Gasteiger partial charge in [-0.15, -0.1) is 11.3 Å². The standard InChI is InChI=1S/C30H28BrNO4S/c1-19-26(20-10-14-23(31)15-11-20)27(29(34)35-4)28(37-19)32-25(33)18-36-24-16-12-22(13-17-24)30(2,3)21-8-6-5-7-9-21/h5-17H,18H2,1-4H3,(H,32,33). The lowest BCUT2D eigenvalue weighted by Gasteiger charge is -2.26. The van der Waals surface area contributed by atoms with E-state index in [1.807, 2.05) is 73.7 Å². The molecule has 4 rings (SSSR count). The third-order valence-corrected chi connectivity index (χ3v) is 7.85. The molecule has 0 radical (unpaired) electrons. The van der Waals surface area contributed by atoms with Crippen LogP contribution in [0, 0.1) is 6.92 Å². The van der Waals surface area contributed by atoms with Crippen LogP contribution in [0.2, 0.25) is 0 Å². The van der Waals surface area contributed by atoms with Crippen molar-refractivity contribution < 1.29 is 19.1 Å². The average Bonchev–Trinajstić information content (AvgIpc) is 3.23. The number of hydrogen-bond acceptors (Lipinski definition) is 5. The van der Waals surface area contributed by atoms with Crippen LogP contribution in [0.3, 0.4) is 0 Å². The summed E-state index contributed by atoms with van der Waals surface area (Å²) >= 11 is 4.77. The number of anilines is 1. The summed E-state index contributed by atoms with van der Waals surface area (Å²) in [4.78, 5) is 26.4. The molecule has 0 spiro atoms. The first-order valence-corrected chi connectivity index (χ1v) is 13.4. The van der Waals surface area contributed by atoms with Crippen LogP contribution < -0.4 is 10.1 Å². The van der Waals surface area contributed by atoms with Gasteiger partial charge < -0.3 is 14.8 Å². The van der Waals surface area contributed by atoms with Crippen LogP contribution >= 0.6 is 27.3 Å². The van der Waals surface area contributed by atoms with E-state index in [0.29, 0.717) is 16.3 Å². The molecule has 1 amide bonds. The fraction of sp³-hybridized carbons (Fsp3) is 0.200. The summed E-state index contributed by atoms with van der Waals surface area (Å²) in [5.74, 6) is -0.272. The Morgan fingerprint density at radius 3 is 2.16 bits per heavy atom. The highest BCUT2D eigenvalue weighted by Gasteiger charge is 2.26. The SMILES string of the molecule is COC(=O)c1c(NC(=O)COc2ccc(C(C)(C)c3ccccc3)cc2)sc(C)c1-c1ccc(Br)cc1. The predicted octanol–water partition coefficient (Wildman–Crippen LogP) is 7.62. The highest BCUT2D eigenvalue weighted by molar-refractivity contribution is 9.10. The molecular weight excluding hydrogens is 550 g/mol. The van der Waals surface area contributed by atoms with E-state index in [2.05, 4.69) is 47.2 Å². The molecule has 3 aromatic carbocycles. The summed E-state index contributed by atoms with van der Waals surface area (Å²) < 4.78 is 11.7. The Bertz CT molecular complexity index is 1390. The molecule has 0 atom stereocenters. The molecule has 0 aliphatic carbocycles. The van der Waals surface area contributed by atoms with Gasteiger partial charge in [-0.3, -0.25) is 4.79 Å². The third kappa shape index (κ3) is 5.95. The molecule has 190 valence electrons. The number of hydrogen-bond donors (Lipinski definition) is 1. The normalized spacial score (nSPS) is 11.2. The van der Waals surface area contributed by atoms with Gasteiger partial charge in [0.2, 0.25) is 0 Å². The molecule has 0 saturated heterocycles. The van der Waals surface area contributed by atoms with Crippen LogP contribution in [0.15, 0.2) is 83.3 Å². The van der Waals surface area contributed by atoms with E-state index >= 15 is 0 Å². The maximum Gasteiger partial charge on any atom is 0.341 e. The number of benzene rings is 3. The predicted molar refractivity (Wildman–Crippen MR) is 153 cm³/mol. The zero-order valence-electron chi connectivity index (χ0n) is 21.1. The van der Waals surface area contributed by atoms with Crippen molar-refractivity contribution in [1.29, 1.82) is 0 Å². The van der Waals surface area contributed by atoms with Gasteiger partial charge >= 0.3 is 5.97 Å². The minimum Gasteiger partial charge on any atom is -0.484 e. The van der Waals surface area contributed by atoms with Gasteiger partial charge in [-0.2, -0.15) is 0 Å². The number of ether oxygens (including phenoxy) is 2. The second kappa shape index (κ2) is 11.3. The Morgan fingerprint density at radius 2 is 1.54 bits per heavy atom. The molecule has 5 nitrogen and oxygen atoms in total. The van der Waals surface area contributed by atoms with Crippen LogP contribution in [0.5, 0.6) is 5.75 Å². The van der Waals surface area contributed by atoms with Crippen molar-refractivity contribution in [3.05, 3.63) is 105 Å². The first-order valence-electron chi connectivity index (χ1n) is 11.8. The van der Waals surface area contributed by atoms with E-state index in [1.54, 1.807) is 0 Å². The van der Waals surface area contributed by atoms with Crippen molar-refractivity contribution in [3.8, 4) is 16.9 Å². The lowest BCUT2D eigenvalue weighted by molar-refractivity contribution is -0.118. The molecule has 1 heterocycles. The second-order valence-corrected chi connectivity index (χ2v) is 11.2. The van der Waals surface area contributed by atoms with Crippen LogP contribution in [0.4, 0.5) is 5.00 Å². The molecule has 0 aliphatic rings. The van der Waals surface area contributed by atoms with Gasteiger partial charge in [0.15, 0.2) is 6.61 Å². The number of nitrogens with one attached hydrogen (secondary N) is 1. The molecule has 37 heavy (non-hydrogen) atoms. The van der Waals surface area contributed by atoms with Gasteiger partial charge in [-0.25, -0.2) is 4.79 Å². The topological polar surface area (TPSA) is 64.6 Å². The number of amides is 1. The average molecular weight is 579 g/mol. The van der Waals surface area contributed by atoms with E-state index in [0.717, 1.165) is 26.0 Å². The minimum atomic E-state index is -0.505.